The van der Waals surface area contributed by atoms with E-state index in [1.807, 2.05) is 0 Å². The summed E-state index contributed by atoms with van der Waals surface area (Å²) in [7, 11) is 0. The molecule has 0 aliphatic carbocycles. The molecule has 4 aromatic rings. The van der Waals surface area contributed by atoms with E-state index in [4.69, 9.17) is 11.5 Å². The van der Waals surface area contributed by atoms with Gasteiger partial charge in [-0.2, -0.15) is 0 Å². The number of hydrogen-bond donors (Lipinski definition) is 2. The molecule has 0 bridgehead atoms. The Labute approximate surface area is 402 Å². The van der Waals surface area contributed by atoms with Crippen molar-refractivity contribution in [2.75, 3.05) is 11.5 Å². The van der Waals surface area contributed by atoms with Gasteiger partial charge in [-0.25, -0.2) is 0 Å². The number of hydrogen-bond acceptors (Lipinski definition) is 2. The molecule has 4 aromatic carbocycles. The van der Waals surface area contributed by atoms with Crippen molar-refractivity contribution < 1.29 is 0 Å². The maximum absolute atomic E-state index is 6.04. The molecular formula is C63H98N2. The third-order valence-electron chi connectivity index (χ3n) is 14.6. The molecule has 0 amide bonds. The molecule has 4 N–H and O–H groups in total. The van der Waals surface area contributed by atoms with Crippen LogP contribution in [-0.4, -0.2) is 0 Å². The first-order valence-electron chi connectivity index (χ1n) is 28.0. The summed E-state index contributed by atoms with van der Waals surface area (Å²) in [5.41, 5.74) is 22.6. The Morgan fingerprint density at radius 2 is 0.477 bits per heavy atom. The second-order valence-electron chi connectivity index (χ2n) is 20.3. The van der Waals surface area contributed by atoms with E-state index in [0.717, 1.165) is 11.4 Å². The summed E-state index contributed by atoms with van der Waals surface area (Å²) < 4.78 is 0. The lowest BCUT2D eigenvalue weighted by Gasteiger charge is -2.19. The normalized spacial score (nSPS) is 12.5. The Morgan fingerprint density at radius 3 is 0.738 bits per heavy atom. The van der Waals surface area contributed by atoms with Crippen LogP contribution in [0.25, 0.3) is 0 Å². The van der Waals surface area contributed by atoms with Crippen molar-refractivity contribution >= 4 is 11.4 Å². The molecule has 2 atom stereocenters. The van der Waals surface area contributed by atoms with Crippen molar-refractivity contribution in [1.29, 1.82) is 0 Å². The number of rotatable bonds is 40. The fourth-order valence-electron chi connectivity index (χ4n) is 10.3. The summed E-state index contributed by atoms with van der Waals surface area (Å²) in [5.74, 6) is 0.942. The van der Waals surface area contributed by atoms with Crippen LogP contribution in [0.2, 0.25) is 0 Å². The molecule has 0 heterocycles. The largest absolute Gasteiger partial charge is 0.399 e. The standard InChI is InChI=1S/C63H98N2/c1-3-5-7-9-22-28-32-36-62(58-46-50-60(64)51-47-58)56-42-38-54(39-43-56)34-30-26-24-20-18-16-14-12-11-13-15-17-19-21-25-27-31-35-55-40-44-57(45-41-55)63(59-48-52-61(65)53-49-59)37-33-29-23-10-8-6-4-2/h38-53,62-63H,3-37,64-65H2,1-2H3. The van der Waals surface area contributed by atoms with Gasteiger partial charge in [0.25, 0.3) is 0 Å². The Kier molecular flexibility index (Phi) is 29.7. The third kappa shape index (κ3) is 24.2. The second kappa shape index (κ2) is 35.6. The third-order valence-corrected chi connectivity index (χ3v) is 14.6. The van der Waals surface area contributed by atoms with Crippen molar-refractivity contribution in [2.24, 2.45) is 0 Å². The first-order chi connectivity index (χ1) is 32.1. The Morgan fingerprint density at radius 1 is 0.262 bits per heavy atom. The number of aryl methyl sites for hydroxylation is 2. The Bertz CT molecular complexity index is 1540. The lowest BCUT2D eigenvalue weighted by molar-refractivity contribution is 0.525. The van der Waals surface area contributed by atoms with Crippen LogP contribution in [0.5, 0.6) is 0 Å². The molecular weight excluding hydrogens is 785 g/mol. The van der Waals surface area contributed by atoms with E-state index < -0.39 is 0 Å². The van der Waals surface area contributed by atoms with E-state index in [9.17, 15) is 0 Å². The van der Waals surface area contributed by atoms with E-state index in [2.05, 4.69) is 111 Å². The number of unbranched alkanes of at least 4 members (excludes halogenated alkanes) is 28. The van der Waals surface area contributed by atoms with Crippen LogP contribution in [0, 0.1) is 0 Å². The smallest absolute Gasteiger partial charge is 0.0314 e. The van der Waals surface area contributed by atoms with Gasteiger partial charge in [-0.3, -0.25) is 0 Å². The minimum Gasteiger partial charge on any atom is -0.399 e. The van der Waals surface area contributed by atoms with Gasteiger partial charge >= 0.3 is 0 Å². The van der Waals surface area contributed by atoms with Crippen molar-refractivity contribution in [1.82, 2.24) is 0 Å². The summed E-state index contributed by atoms with van der Waals surface area (Å²) in [4.78, 5) is 0. The van der Waals surface area contributed by atoms with Gasteiger partial charge in [0.05, 0.1) is 0 Å². The summed E-state index contributed by atoms with van der Waals surface area (Å²) >= 11 is 0. The SMILES string of the molecule is CCCCCCCCCC(c1ccc(N)cc1)c1ccc(CCCCCCCCCCCCCCCCCCCc2ccc(C(CCCCCCCCC)c3ccc(N)cc3)cc2)cc1. The highest BCUT2D eigenvalue weighted by atomic mass is 14.5. The summed E-state index contributed by atoms with van der Waals surface area (Å²) in [6, 6.07) is 36.6. The van der Waals surface area contributed by atoms with E-state index in [0.29, 0.717) is 11.8 Å². The molecule has 0 spiro atoms. The molecule has 0 fully saturated rings. The Hall–Kier alpha value is -3.52. The summed E-state index contributed by atoms with van der Waals surface area (Å²) in [6.07, 6.45) is 47.8. The molecule has 0 aliphatic heterocycles. The predicted octanol–water partition coefficient (Wildman–Crippen LogP) is 19.8. The second-order valence-corrected chi connectivity index (χ2v) is 20.3. The van der Waals surface area contributed by atoms with Crippen molar-refractivity contribution in [3.05, 3.63) is 130 Å². The molecule has 0 aliphatic rings. The predicted molar refractivity (Wildman–Crippen MR) is 289 cm³/mol. The fraction of sp³-hybridized carbons (Fsp3) is 0.619. The number of nitrogen functional groups attached to an aromatic ring is 2. The maximum Gasteiger partial charge on any atom is 0.0314 e. The lowest BCUT2D eigenvalue weighted by Crippen LogP contribution is -2.02. The highest BCUT2D eigenvalue weighted by Crippen LogP contribution is 2.33. The van der Waals surface area contributed by atoms with Crippen LogP contribution in [0.4, 0.5) is 11.4 Å². The monoisotopic (exact) mass is 883 g/mol. The van der Waals surface area contributed by atoms with Gasteiger partial charge < -0.3 is 11.5 Å². The van der Waals surface area contributed by atoms with Crippen molar-refractivity contribution in [3.8, 4) is 0 Å². The van der Waals surface area contributed by atoms with Crippen LogP contribution in [0.15, 0.2) is 97.1 Å². The highest BCUT2D eigenvalue weighted by molar-refractivity contribution is 5.44. The zero-order valence-corrected chi connectivity index (χ0v) is 42.3. The van der Waals surface area contributed by atoms with Crippen LogP contribution in [0.1, 0.15) is 271 Å². The van der Waals surface area contributed by atoms with Crippen LogP contribution < -0.4 is 11.5 Å². The first-order valence-corrected chi connectivity index (χ1v) is 28.0. The van der Waals surface area contributed by atoms with E-state index in [1.165, 1.54) is 258 Å². The van der Waals surface area contributed by atoms with Gasteiger partial charge in [-0.15, -0.1) is 0 Å². The van der Waals surface area contributed by atoms with Gasteiger partial charge in [0.15, 0.2) is 0 Å². The molecule has 2 heteroatoms. The molecule has 65 heavy (non-hydrogen) atoms. The van der Waals surface area contributed by atoms with Gasteiger partial charge in [0.2, 0.25) is 0 Å². The average molecular weight is 883 g/mol. The minimum absolute atomic E-state index is 0.471. The van der Waals surface area contributed by atoms with E-state index in [-0.39, 0.29) is 0 Å². The van der Waals surface area contributed by atoms with Crippen molar-refractivity contribution in [3.63, 3.8) is 0 Å². The average Bonchev–Trinajstić information content (AvgIpc) is 3.33. The van der Waals surface area contributed by atoms with Crippen molar-refractivity contribution in [2.45, 2.75) is 250 Å². The fourth-order valence-corrected chi connectivity index (χ4v) is 10.3. The molecule has 360 valence electrons. The molecule has 2 nitrogen and oxygen atoms in total. The molecule has 0 aromatic heterocycles. The Balaban J connectivity index is 0.950. The molecule has 0 saturated carbocycles. The summed E-state index contributed by atoms with van der Waals surface area (Å²) in [6.45, 7) is 4.60. The highest BCUT2D eigenvalue weighted by Gasteiger charge is 2.16. The van der Waals surface area contributed by atoms with Crippen LogP contribution >= 0.6 is 0 Å². The van der Waals surface area contributed by atoms with Crippen LogP contribution in [-0.2, 0) is 12.8 Å². The van der Waals surface area contributed by atoms with Crippen LogP contribution in [0.3, 0.4) is 0 Å². The number of nitrogens with two attached hydrogens (primary N) is 2. The number of anilines is 2. The molecule has 0 radical (unpaired) electrons. The minimum atomic E-state index is 0.471. The van der Waals surface area contributed by atoms with Gasteiger partial charge in [0, 0.05) is 23.2 Å². The quantitative estimate of drug-likeness (QED) is 0.0345. The molecule has 2 unspecified atom stereocenters. The number of benzene rings is 4. The lowest BCUT2D eigenvalue weighted by atomic mass is 9.86. The first kappa shape index (κ1) is 54.1. The van der Waals surface area contributed by atoms with E-state index in [1.54, 1.807) is 0 Å². The van der Waals surface area contributed by atoms with E-state index >= 15 is 0 Å². The zero-order valence-electron chi connectivity index (χ0n) is 42.3. The molecule has 0 saturated heterocycles. The topological polar surface area (TPSA) is 52.0 Å². The molecule has 4 rings (SSSR count). The van der Waals surface area contributed by atoms with Gasteiger partial charge in [-0.1, -0.05) is 273 Å². The van der Waals surface area contributed by atoms with Gasteiger partial charge in [-0.05, 0) is 96.2 Å². The maximum atomic E-state index is 6.04. The van der Waals surface area contributed by atoms with Gasteiger partial charge in [0.1, 0.15) is 0 Å². The zero-order chi connectivity index (χ0) is 45.8. The summed E-state index contributed by atoms with van der Waals surface area (Å²) in [5, 5.41) is 0.